The number of rotatable bonds is 5. The molecule has 20 heavy (non-hydrogen) atoms. The Balaban J connectivity index is 0.00000172. The summed E-state index contributed by atoms with van der Waals surface area (Å²) in [6.07, 6.45) is 2.73. The van der Waals surface area contributed by atoms with Crippen molar-refractivity contribution in [3.05, 3.63) is 47.5 Å². The van der Waals surface area contributed by atoms with Gasteiger partial charge in [0.2, 0.25) is 0 Å². The van der Waals surface area contributed by atoms with Gasteiger partial charge in [0.1, 0.15) is 6.61 Å². The first kappa shape index (κ1) is 18.4. The van der Waals surface area contributed by atoms with Gasteiger partial charge in [-0.1, -0.05) is 62.8 Å². The minimum absolute atomic E-state index is 0.157. The van der Waals surface area contributed by atoms with Crippen LogP contribution < -0.4 is 0 Å². The Bertz CT molecular complexity index is 416. The van der Waals surface area contributed by atoms with Gasteiger partial charge in [-0.3, -0.25) is 4.79 Å². The SMILES string of the molecule is CC.CCC(C)(C=C(C)C)C(=O)OCc1ccccc1. The van der Waals surface area contributed by atoms with E-state index < -0.39 is 5.41 Å². The quantitative estimate of drug-likeness (QED) is 0.550. The molecular formula is C18H28O2. The fraction of sp³-hybridized carbons (Fsp3) is 0.500. The smallest absolute Gasteiger partial charge is 0.315 e. The third-order valence-corrected chi connectivity index (χ3v) is 3.02. The van der Waals surface area contributed by atoms with Gasteiger partial charge in [0.25, 0.3) is 0 Å². The molecule has 0 saturated carbocycles. The minimum Gasteiger partial charge on any atom is -0.460 e. The highest BCUT2D eigenvalue weighted by atomic mass is 16.5. The molecule has 0 spiro atoms. The van der Waals surface area contributed by atoms with Crippen LogP contribution in [0.1, 0.15) is 53.5 Å². The lowest BCUT2D eigenvalue weighted by molar-refractivity contribution is -0.153. The zero-order valence-electron chi connectivity index (χ0n) is 13.7. The highest BCUT2D eigenvalue weighted by Crippen LogP contribution is 2.27. The van der Waals surface area contributed by atoms with Gasteiger partial charge in [-0.2, -0.15) is 0 Å². The fourth-order valence-electron chi connectivity index (χ4n) is 1.83. The first-order chi connectivity index (χ1) is 9.48. The van der Waals surface area contributed by atoms with Crippen molar-refractivity contribution in [1.82, 2.24) is 0 Å². The second-order valence-electron chi connectivity index (χ2n) is 5.05. The Morgan fingerprint density at radius 1 is 1.20 bits per heavy atom. The predicted molar refractivity (Wildman–Crippen MR) is 85.4 cm³/mol. The zero-order chi connectivity index (χ0) is 15.6. The van der Waals surface area contributed by atoms with Gasteiger partial charge in [0.15, 0.2) is 0 Å². The number of carbonyl (C=O) groups is 1. The number of hydrogen-bond acceptors (Lipinski definition) is 2. The molecule has 0 N–H and O–H groups in total. The maximum absolute atomic E-state index is 12.1. The second kappa shape index (κ2) is 9.35. The molecule has 1 aromatic rings. The van der Waals surface area contributed by atoms with Gasteiger partial charge in [-0.15, -0.1) is 0 Å². The summed E-state index contributed by atoms with van der Waals surface area (Å²) in [4.78, 5) is 12.1. The van der Waals surface area contributed by atoms with Crippen LogP contribution in [0.2, 0.25) is 0 Å². The third kappa shape index (κ3) is 6.05. The van der Waals surface area contributed by atoms with Crippen LogP contribution in [0, 0.1) is 5.41 Å². The molecule has 0 bridgehead atoms. The van der Waals surface area contributed by atoms with Gasteiger partial charge in [-0.25, -0.2) is 0 Å². The normalized spacial score (nSPS) is 12.5. The van der Waals surface area contributed by atoms with Crippen LogP contribution >= 0.6 is 0 Å². The van der Waals surface area contributed by atoms with Crippen molar-refractivity contribution in [2.24, 2.45) is 5.41 Å². The van der Waals surface area contributed by atoms with E-state index >= 15 is 0 Å². The van der Waals surface area contributed by atoms with Gasteiger partial charge in [0, 0.05) is 0 Å². The van der Waals surface area contributed by atoms with E-state index in [9.17, 15) is 4.79 Å². The van der Waals surface area contributed by atoms with Gasteiger partial charge in [0.05, 0.1) is 5.41 Å². The van der Waals surface area contributed by atoms with Gasteiger partial charge in [-0.05, 0) is 32.8 Å². The van der Waals surface area contributed by atoms with Crippen molar-refractivity contribution in [2.45, 2.75) is 54.6 Å². The Hall–Kier alpha value is -1.57. The van der Waals surface area contributed by atoms with E-state index in [-0.39, 0.29) is 5.97 Å². The summed E-state index contributed by atoms with van der Waals surface area (Å²) in [5.41, 5.74) is 1.63. The summed E-state index contributed by atoms with van der Waals surface area (Å²) < 4.78 is 5.40. The van der Waals surface area contributed by atoms with E-state index in [1.54, 1.807) is 0 Å². The molecule has 1 atom stereocenters. The first-order valence-corrected chi connectivity index (χ1v) is 7.35. The summed E-state index contributed by atoms with van der Waals surface area (Å²) in [5, 5.41) is 0. The maximum atomic E-state index is 12.1. The average Bonchev–Trinajstić information content (AvgIpc) is 2.47. The van der Waals surface area contributed by atoms with E-state index in [0.717, 1.165) is 17.6 Å². The molecule has 1 unspecified atom stereocenters. The predicted octanol–water partition coefficient (Wildman–Crippen LogP) is 5.14. The lowest BCUT2D eigenvalue weighted by Crippen LogP contribution is -2.27. The zero-order valence-corrected chi connectivity index (χ0v) is 13.7. The van der Waals surface area contributed by atoms with Crippen LogP contribution in [0.15, 0.2) is 42.0 Å². The topological polar surface area (TPSA) is 26.3 Å². The van der Waals surface area contributed by atoms with E-state index in [4.69, 9.17) is 4.74 Å². The maximum Gasteiger partial charge on any atom is 0.315 e. The van der Waals surface area contributed by atoms with Crippen molar-refractivity contribution in [3.63, 3.8) is 0 Å². The Labute approximate surface area is 123 Å². The standard InChI is InChI=1S/C16H22O2.C2H6/c1-5-16(4,11-13(2)3)15(17)18-12-14-9-7-6-8-10-14;1-2/h6-11H,5,12H2,1-4H3;1-2H3. The number of esters is 1. The summed E-state index contributed by atoms with van der Waals surface area (Å²) in [6.45, 7) is 12.3. The molecule has 0 aliphatic carbocycles. The highest BCUT2D eigenvalue weighted by Gasteiger charge is 2.30. The summed E-state index contributed by atoms with van der Waals surface area (Å²) in [6, 6.07) is 9.75. The van der Waals surface area contributed by atoms with Crippen LogP contribution in [-0.2, 0) is 16.1 Å². The largest absolute Gasteiger partial charge is 0.460 e. The number of allylic oxidation sites excluding steroid dienone is 1. The van der Waals surface area contributed by atoms with E-state index in [1.165, 1.54) is 0 Å². The fourth-order valence-corrected chi connectivity index (χ4v) is 1.83. The average molecular weight is 276 g/mol. The van der Waals surface area contributed by atoms with Gasteiger partial charge < -0.3 is 4.74 Å². The van der Waals surface area contributed by atoms with Crippen LogP contribution in [0.5, 0.6) is 0 Å². The van der Waals surface area contributed by atoms with E-state index in [2.05, 4.69) is 0 Å². The van der Waals surface area contributed by atoms with Crippen molar-refractivity contribution in [3.8, 4) is 0 Å². The monoisotopic (exact) mass is 276 g/mol. The lowest BCUT2D eigenvalue weighted by Gasteiger charge is -2.22. The number of ether oxygens (including phenoxy) is 1. The van der Waals surface area contributed by atoms with Crippen LogP contribution in [0.25, 0.3) is 0 Å². The number of carbonyl (C=O) groups excluding carboxylic acids is 1. The second-order valence-corrected chi connectivity index (χ2v) is 5.05. The molecule has 2 nitrogen and oxygen atoms in total. The lowest BCUT2D eigenvalue weighted by atomic mass is 9.86. The molecule has 1 aromatic carbocycles. The van der Waals surface area contributed by atoms with E-state index in [0.29, 0.717) is 6.61 Å². The molecular weight excluding hydrogens is 248 g/mol. The summed E-state index contributed by atoms with van der Waals surface area (Å²) in [7, 11) is 0. The molecule has 0 aromatic heterocycles. The van der Waals surface area contributed by atoms with Crippen LogP contribution in [-0.4, -0.2) is 5.97 Å². The van der Waals surface area contributed by atoms with Crippen LogP contribution in [0.4, 0.5) is 0 Å². The molecule has 2 heteroatoms. The molecule has 0 aliphatic heterocycles. The molecule has 0 heterocycles. The molecule has 0 fully saturated rings. The van der Waals surface area contributed by atoms with Crippen molar-refractivity contribution >= 4 is 5.97 Å². The number of benzene rings is 1. The summed E-state index contributed by atoms with van der Waals surface area (Å²) >= 11 is 0. The molecule has 0 saturated heterocycles. The molecule has 1 rings (SSSR count). The summed E-state index contributed by atoms with van der Waals surface area (Å²) in [5.74, 6) is -0.157. The van der Waals surface area contributed by atoms with E-state index in [1.807, 2.05) is 78.0 Å². The highest BCUT2D eigenvalue weighted by molar-refractivity contribution is 5.78. The minimum atomic E-state index is -0.520. The molecule has 0 amide bonds. The Kier molecular flexibility index (Phi) is 8.62. The molecule has 112 valence electrons. The van der Waals surface area contributed by atoms with Crippen molar-refractivity contribution in [2.75, 3.05) is 0 Å². The van der Waals surface area contributed by atoms with Crippen molar-refractivity contribution in [1.29, 1.82) is 0 Å². The Morgan fingerprint density at radius 2 is 1.75 bits per heavy atom. The van der Waals surface area contributed by atoms with Crippen molar-refractivity contribution < 1.29 is 9.53 Å². The third-order valence-electron chi connectivity index (χ3n) is 3.02. The van der Waals surface area contributed by atoms with Gasteiger partial charge >= 0.3 is 5.97 Å². The first-order valence-electron chi connectivity index (χ1n) is 7.35. The molecule has 0 radical (unpaired) electrons. The number of hydrogen-bond donors (Lipinski definition) is 0. The van der Waals surface area contributed by atoms with Crippen LogP contribution in [0.3, 0.4) is 0 Å². The Morgan fingerprint density at radius 3 is 2.20 bits per heavy atom. The molecule has 0 aliphatic rings.